The lowest BCUT2D eigenvalue weighted by atomic mass is 10.0. The fourth-order valence-corrected chi connectivity index (χ4v) is 2.01. The molecule has 0 spiro atoms. The Morgan fingerprint density at radius 1 is 1.18 bits per heavy atom. The average molecular weight is 230 g/mol. The summed E-state index contributed by atoms with van der Waals surface area (Å²) in [6.45, 7) is 0. The number of allylic oxidation sites excluding steroid dienone is 1. The number of hydrogen-bond acceptors (Lipinski definition) is 2. The lowest BCUT2D eigenvalue weighted by Crippen LogP contribution is -2.19. The van der Waals surface area contributed by atoms with Gasteiger partial charge in [0, 0.05) is 12.8 Å². The van der Waals surface area contributed by atoms with E-state index in [-0.39, 0.29) is 12.1 Å². The molecule has 1 atom stereocenters. The van der Waals surface area contributed by atoms with E-state index in [0.717, 1.165) is 25.7 Å². The molecule has 0 amide bonds. The molecule has 0 saturated heterocycles. The van der Waals surface area contributed by atoms with E-state index in [4.69, 9.17) is 4.74 Å². The third-order valence-corrected chi connectivity index (χ3v) is 2.98. The molecular weight excluding hydrogens is 212 g/mol. The molecule has 1 unspecified atom stereocenters. The molecule has 1 aliphatic heterocycles. The summed E-state index contributed by atoms with van der Waals surface area (Å²) in [6, 6.07) is 10.3. The molecule has 17 heavy (non-hydrogen) atoms. The maximum atomic E-state index is 11.4. The molecule has 2 nitrogen and oxygen atoms in total. The van der Waals surface area contributed by atoms with Crippen LogP contribution in [0.15, 0.2) is 42.5 Å². The van der Waals surface area contributed by atoms with E-state index in [1.165, 1.54) is 5.56 Å². The molecule has 2 rings (SSSR count). The van der Waals surface area contributed by atoms with E-state index < -0.39 is 0 Å². The highest BCUT2D eigenvalue weighted by atomic mass is 16.5. The molecule has 90 valence electrons. The Balaban J connectivity index is 1.87. The highest BCUT2D eigenvalue weighted by molar-refractivity contribution is 5.69. The number of aryl methyl sites for hydroxylation is 1. The van der Waals surface area contributed by atoms with E-state index in [0.29, 0.717) is 6.42 Å². The molecule has 0 aliphatic carbocycles. The maximum absolute atomic E-state index is 11.4. The first-order chi connectivity index (χ1) is 8.34. The fraction of sp³-hybridized carbons (Fsp3) is 0.400. The monoisotopic (exact) mass is 230 g/mol. The molecule has 1 aromatic rings. The second-order valence-electron chi connectivity index (χ2n) is 4.38. The van der Waals surface area contributed by atoms with Crippen molar-refractivity contribution in [2.75, 3.05) is 0 Å². The number of cyclic esters (lactones) is 1. The van der Waals surface area contributed by atoms with Gasteiger partial charge in [0.2, 0.25) is 0 Å². The normalized spacial score (nSPS) is 22.4. The highest BCUT2D eigenvalue weighted by Gasteiger charge is 2.14. The van der Waals surface area contributed by atoms with Gasteiger partial charge in [-0.2, -0.15) is 0 Å². The van der Waals surface area contributed by atoms with Crippen molar-refractivity contribution in [3.05, 3.63) is 48.0 Å². The van der Waals surface area contributed by atoms with Crippen molar-refractivity contribution in [2.45, 2.75) is 38.2 Å². The van der Waals surface area contributed by atoms with Gasteiger partial charge in [-0.3, -0.25) is 4.79 Å². The third kappa shape index (κ3) is 4.06. The summed E-state index contributed by atoms with van der Waals surface area (Å²) >= 11 is 0. The van der Waals surface area contributed by atoms with Gasteiger partial charge < -0.3 is 4.74 Å². The van der Waals surface area contributed by atoms with Gasteiger partial charge >= 0.3 is 5.97 Å². The van der Waals surface area contributed by atoms with Crippen molar-refractivity contribution >= 4 is 5.97 Å². The number of carbonyl (C=O) groups is 1. The van der Waals surface area contributed by atoms with E-state index in [2.05, 4.69) is 24.3 Å². The van der Waals surface area contributed by atoms with Gasteiger partial charge in [-0.25, -0.2) is 0 Å². The fourth-order valence-electron chi connectivity index (χ4n) is 2.01. The summed E-state index contributed by atoms with van der Waals surface area (Å²) < 4.78 is 5.42. The van der Waals surface area contributed by atoms with Crippen LogP contribution in [0, 0.1) is 0 Å². The average Bonchev–Trinajstić information content (AvgIpc) is 2.33. The van der Waals surface area contributed by atoms with Crippen molar-refractivity contribution in [3.63, 3.8) is 0 Å². The first-order valence-corrected chi connectivity index (χ1v) is 6.23. The minimum Gasteiger partial charge on any atom is -0.462 e. The van der Waals surface area contributed by atoms with Crippen molar-refractivity contribution < 1.29 is 9.53 Å². The van der Waals surface area contributed by atoms with Crippen LogP contribution in [-0.2, 0) is 16.0 Å². The van der Waals surface area contributed by atoms with E-state index in [9.17, 15) is 4.79 Å². The maximum Gasteiger partial charge on any atom is 0.306 e. The zero-order valence-electron chi connectivity index (χ0n) is 9.97. The molecular formula is C15H18O2. The summed E-state index contributed by atoms with van der Waals surface area (Å²) in [7, 11) is 0. The molecule has 0 bridgehead atoms. The van der Waals surface area contributed by atoms with Crippen LogP contribution in [0.4, 0.5) is 0 Å². The van der Waals surface area contributed by atoms with Crippen LogP contribution < -0.4 is 0 Å². The lowest BCUT2D eigenvalue weighted by molar-refractivity contribution is -0.149. The molecule has 1 aromatic carbocycles. The zero-order valence-corrected chi connectivity index (χ0v) is 9.97. The second kappa shape index (κ2) is 6.24. The smallest absolute Gasteiger partial charge is 0.306 e. The number of rotatable bonds is 3. The van der Waals surface area contributed by atoms with Crippen molar-refractivity contribution in [3.8, 4) is 0 Å². The van der Waals surface area contributed by atoms with Crippen molar-refractivity contribution in [1.29, 1.82) is 0 Å². The quantitative estimate of drug-likeness (QED) is 0.588. The van der Waals surface area contributed by atoms with Crippen molar-refractivity contribution in [2.24, 2.45) is 0 Å². The summed E-state index contributed by atoms with van der Waals surface area (Å²) in [5.41, 5.74) is 1.30. The number of benzene rings is 1. The summed E-state index contributed by atoms with van der Waals surface area (Å²) in [6.07, 6.45) is 8.28. The molecule has 0 aromatic heterocycles. The minimum absolute atomic E-state index is 0.0410. The third-order valence-electron chi connectivity index (χ3n) is 2.98. The Kier molecular flexibility index (Phi) is 4.37. The van der Waals surface area contributed by atoms with Gasteiger partial charge in [0.25, 0.3) is 0 Å². The standard InChI is InChI=1S/C15H18O2/c16-15-10-6-2-5-9-14(17-15)12-11-13-7-3-1-4-8-13/h1-5,7-8,14H,6,9-12H2/b5-2-. The summed E-state index contributed by atoms with van der Waals surface area (Å²) in [5, 5.41) is 0. The Bertz CT molecular complexity index is 381. The number of carbonyl (C=O) groups excluding carboxylic acids is 1. The van der Waals surface area contributed by atoms with Crippen LogP contribution in [0.3, 0.4) is 0 Å². The van der Waals surface area contributed by atoms with E-state index in [1.54, 1.807) is 0 Å². The van der Waals surface area contributed by atoms with Gasteiger partial charge in [0.15, 0.2) is 0 Å². The molecule has 0 radical (unpaired) electrons. The molecule has 2 heteroatoms. The zero-order chi connectivity index (χ0) is 11.9. The van der Waals surface area contributed by atoms with Gasteiger partial charge in [-0.05, 0) is 24.8 Å². The molecule has 1 heterocycles. The number of hydrogen-bond donors (Lipinski definition) is 0. The van der Waals surface area contributed by atoms with Crippen LogP contribution >= 0.6 is 0 Å². The van der Waals surface area contributed by atoms with Crippen LogP contribution in [0.5, 0.6) is 0 Å². The first kappa shape index (κ1) is 11.9. The topological polar surface area (TPSA) is 26.3 Å². The Hall–Kier alpha value is -1.57. The predicted molar refractivity (Wildman–Crippen MR) is 67.6 cm³/mol. The lowest BCUT2D eigenvalue weighted by Gasteiger charge is -2.18. The van der Waals surface area contributed by atoms with Crippen LogP contribution in [0.2, 0.25) is 0 Å². The number of ether oxygens (including phenoxy) is 1. The second-order valence-corrected chi connectivity index (χ2v) is 4.38. The molecule has 0 N–H and O–H groups in total. The Labute approximate surface area is 102 Å². The summed E-state index contributed by atoms with van der Waals surface area (Å²) in [4.78, 5) is 11.4. The first-order valence-electron chi connectivity index (χ1n) is 6.23. The molecule has 0 fully saturated rings. The molecule has 0 saturated carbocycles. The van der Waals surface area contributed by atoms with Crippen LogP contribution in [0.25, 0.3) is 0 Å². The SMILES string of the molecule is O=C1CC/C=C\CC(CCc2ccccc2)O1. The van der Waals surface area contributed by atoms with Crippen LogP contribution in [-0.4, -0.2) is 12.1 Å². The van der Waals surface area contributed by atoms with Gasteiger partial charge in [-0.15, -0.1) is 0 Å². The van der Waals surface area contributed by atoms with Gasteiger partial charge in [0.05, 0.1) is 0 Å². The Morgan fingerprint density at radius 2 is 2.00 bits per heavy atom. The van der Waals surface area contributed by atoms with E-state index >= 15 is 0 Å². The molecule has 1 aliphatic rings. The minimum atomic E-state index is -0.0626. The predicted octanol–water partition coefficient (Wildman–Crippen LogP) is 3.27. The Morgan fingerprint density at radius 3 is 2.82 bits per heavy atom. The van der Waals surface area contributed by atoms with E-state index in [1.807, 2.05) is 18.2 Å². The van der Waals surface area contributed by atoms with Gasteiger partial charge in [-0.1, -0.05) is 42.5 Å². The number of esters is 1. The summed E-state index contributed by atoms with van der Waals surface area (Å²) in [5.74, 6) is -0.0626. The van der Waals surface area contributed by atoms with Crippen molar-refractivity contribution in [1.82, 2.24) is 0 Å². The van der Waals surface area contributed by atoms with Crippen LogP contribution in [0.1, 0.15) is 31.2 Å². The highest BCUT2D eigenvalue weighted by Crippen LogP contribution is 2.14. The van der Waals surface area contributed by atoms with Gasteiger partial charge in [0.1, 0.15) is 6.10 Å². The largest absolute Gasteiger partial charge is 0.462 e.